The summed E-state index contributed by atoms with van der Waals surface area (Å²) >= 11 is 0. The summed E-state index contributed by atoms with van der Waals surface area (Å²) in [6, 6.07) is 9.70. The van der Waals surface area contributed by atoms with Crippen LogP contribution in [0.15, 0.2) is 34.9 Å². The van der Waals surface area contributed by atoms with Crippen LogP contribution in [0.1, 0.15) is 44.9 Å². The van der Waals surface area contributed by atoms with Gasteiger partial charge in [0.15, 0.2) is 5.82 Å². The second kappa shape index (κ2) is 10.7. The van der Waals surface area contributed by atoms with Gasteiger partial charge in [0, 0.05) is 51.5 Å². The fraction of sp³-hybridized carbons (Fsp3) is 0.583. The van der Waals surface area contributed by atoms with Gasteiger partial charge >= 0.3 is 0 Å². The number of likely N-dealkylation sites (tertiary alicyclic amines) is 2. The Morgan fingerprint density at radius 2 is 1.88 bits per heavy atom. The molecule has 2 aliphatic rings. The second-order valence-corrected chi connectivity index (χ2v) is 8.76. The van der Waals surface area contributed by atoms with Crippen LogP contribution in [0.3, 0.4) is 0 Å². The van der Waals surface area contributed by atoms with Gasteiger partial charge in [-0.05, 0) is 43.7 Å². The molecule has 0 bridgehead atoms. The molecule has 8 nitrogen and oxygen atoms in total. The van der Waals surface area contributed by atoms with Crippen LogP contribution >= 0.6 is 0 Å². The predicted molar refractivity (Wildman–Crippen MR) is 119 cm³/mol. The number of aromatic nitrogens is 2. The maximum atomic E-state index is 12.8. The lowest BCUT2D eigenvalue weighted by atomic mass is 9.92. The molecule has 2 aliphatic heterocycles. The smallest absolute Gasteiger partial charge is 0.257 e. The van der Waals surface area contributed by atoms with Crippen molar-refractivity contribution < 1.29 is 18.8 Å². The first kappa shape index (κ1) is 22.5. The molecule has 2 saturated heterocycles. The van der Waals surface area contributed by atoms with Crippen LogP contribution in [0.2, 0.25) is 0 Å². The van der Waals surface area contributed by atoms with Gasteiger partial charge in [-0.15, -0.1) is 0 Å². The zero-order valence-electron chi connectivity index (χ0n) is 18.7. The molecule has 0 radical (unpaired) electrons. The van der Waals surface area contributed by atoms with Crippen LogP contribution in [0.5, 0.6) is 0 Å². The average Bonchev–Trinajstić information content (AvgIpc) is 3.29. The third-order valence-corrected chi connectivity index (χ3v) is 6.42. The molecular weight excluding hydrogens is 408 g/mol. The lowest BCUT2D eigenvalue weighted by Crippen LogP contribution is -2.45. The molecule has 1 unspecified atom stereocenters. The number of amides is 2. The van der Waals surface area contributed by atoms with E-state index in [4.69, 9.17) is 9.26 Å². The highest BCUT2D eigenvalue weighted by Gasteiger charge is 2.28. The number of carbonyl (C=O) groups is 2. The van der Waals surface area contributed by atoms with Crippen LogP contribution in [-0.4, -0.2) is 70.6 Å². The Balaban J connectivity index is 1.19. The molecule has 0 spiro atoms. The molecule has 2 amide bonds. The largest absolute Gasteiger partial charge is 0.376 e. The number of hydrogen-bond acceptors (Lipinski definition) is 6. The Bertz CT molecular complexity index is 892. The van der Waals surface area contributed by atoms with Crippen molar-refractivity contribution in [1.29, 1.82) is 0 Å². The monoisotopic (exact) mass is 440 g/mol. The van der Waals surface area contributed by atoms with Crippen molar-refractivity contribution in [2.24, 2.45) is 5.92 Å². The molecule has 32 heavy (non-hydrogen) atoms. The fourth-order valence-corrected chi connectivity index (χ4v) is 4.50. The zero-order valence-corrected chi connectivity index (χ0v) is 18.7. The highest BCUT2D eigenvalue weighted by atomic mass is 16.5. The van der Waals surface area contributed by atoms with Gasteiger partial charge in [0.25, 0.3) is 5.89 Å². The Morgan fingerprint density at radius 3 is 2.62 bits per heavy atom. The zero-order chi connectivity index (χ0) is 22.3. The molecule has 3 heterocycles. The quantitative estimate of drug-likeness (QED) is 0.658. The van der Waals surface area contributed by atoms with E-state index in [-0.39, 0.29) is 17.9 Å². The molecule has 1 aromatic heterocycles. The van der Waals surface area contributed by atoms with E-state index in [0.29, 0.717) is 43.6 Å². The van der Waals surface area contributed by atoms with Crippen molar-refractivity contribution in [1.82, 2.24) is 19.9 Å². The number of benzene rings is 1. The third kappa shape index (κ3) is 5.94. The molecule has 1 atom stereocenters. The SMILES string of the molecule is CC(=O)N1CCC(CC(=O)N2CCCC(OCCc3noc(-c4ccccc4)n3)C2)CC1. The number of hydrogen-bond donors (Lipinski definition) is 0. The van der Waals surface area contributed by atoms with Gasteiger partial charge < -0.3 is 19.1 Å². The van der Waals surface area contributed by atoms with Crippen molar-refractivity contribution in [3.05, 3.63) is 36.2 Å². The van der Waals surface area contributed by atoms with Gasteiger partial charge in [0.2, 0.25) is 11.8 Å². The summed E-state index contributed by atoms with van der Waals surface area (Å²) in [6.45, 7) is 5.09. The number of carbonyl (C=O) groups excluding carboxylic acids is 2. The lowest BCUT2D eigenvalue weighted by molar-refractivity contribution is -0.137. The van der Waals surface area contributed by atoms with Crippen LogP contribution in [0.25, 0.3) is 11.5 Å². The minimum Gasteiger partial charge on any atom is -0.376 e. The molecule has 0 aliphatic carbocycles. The molecule has 1 aromatic carbocycles. The second-order valence-electron chi connectivity index (χ2n) is 8.76. The van der Waals surface area contributed by atoms with E-state index in [9.17, 15) is 9.59 Å². The van der Waals surface area contributed by atoms with Gasteiger partial charge in [-0.3, -0.25) is 9.59 Å². The number of rotatable bonds is 7. The van der Waals surface area contributed by atoms with E-state index in [0.717, 1.165) is 50.9 Å². The van der Waals surface area contributed by atoms with Gasteiger partial charge in [-0.2, -0.15) is 4.98 Å². The molecular formula is C24H32N4O4. The lowest BCUT2D eigenvalue weighted by Gasteiger charge is -2.35. The Hall–Kier alpha value is -2.74. The topological polar surface area (TPSA) is 88.8 Å². The first-order valence-corrected chi connectivity index (χ1v) is 11.6. The maximum Gasteiger partial charge on any atom is 0.257 e. The minimum absolute atomic E-state index is 0.0488. The summed E-state index contributed by atoms with van der Waals surface area (Å²) in [6.07, 6.45) is 4.94. The van der Waals surface area contributed by atoms with E-state index in [2.05, 4.69) is 10.1 Å². The molecule has 2 fully saturated rings. The average molecular weight is 441 g/mol. The predicted octanol–water partition coefficient (Wildman–Crippen LogP) is 2.94. The molecule has 0 N–H and O–H groups in total. The highest BCUT2D eigenvalue weighted by Crippen LogP contribution is 2.23. The minimum atomic E-state index is 0.0488. The van der Waals surface area contributed by atoms with Gasteiger partial charge in [0.05, 0.1) is 12.7 Å². The standard InChI is InChI=1S/C24H32N4O4/c1-18(29)27-13-9-19(10-14-27)16-23(30)28-12-5-8-21(17-28)31-15-11-22-25-24(32-26-22)20-6-3-2-4-7-20/h2-4,6-7,19,21H,5,8-17H2,1H3. The van der Waals surface area contributed by atoms with E-state index >= 15 is 0 Å². The van der Waals surface area contributed by atoms with Crippen LogP contribution in [-0.2, 0) is 20.7 Å². The first-order valence-electron chi connectivity index (χ1n) is 11.6. The van der Waals surface area contributed by atoms with Gasteiger partial charge in [-0.25, -0.2) is 0 Å². The van der Waals surface area contributed by atoms with Crippen molar-refractivity contribution in [3.8, 4) is 11.5 Å². The summed E-state index contributed by atoms with van der Waals surface area (Å²) in [5.74, 6) is 1.86. The van der Waals surface area contributed by atoms with E-state index in [1.54, 1.807) is 6.92 Å². The van der Waals surface area contributed by atoms with Crippen molar-refractivity contribution in [2.45, 2.75) is 51.6 Å². The first-order chi connectivity index (χ1) is 15.6. The van der Waals surface area contributed by atoms with Gasteiger partial charge in [0.1, 0.15) is 0 Å². The van der Waals surface area contributed by atoms with Crippen molar-refractivity contribution >= 4 is 11.8 Å². The number of nitrogens with zero attached hydrogens (tertiary/aromatic N) is 4. The van der Waals surface area contributed by atoms with Crippen molar-refractivity contribution in [2.75, 3.05) is 32.8 Å². The molecule has 172 valence electrons. The fourth-order valence-electron chi connectivity index (χ4n) is 4.50. The normalized spacial score (nSPS) is 19.8. The Morgan fingerprint density at radius 1 is 1.09 bits per heavy atom. The van der Waals surface area contributed by atoms with E-state index < -0.39 is 0 Å². The van der Waals surface area contributed by atoms with Crippen LogP contribution in [0.4, 0.5) is 0 Å². The van der Waals surface area contributed by atoms with Crippen molar-refractivity contribution in [3.63, 3.8) is 0 Å². The Kier molecular flexibility index (Phi) is 7.52. The summed E-state index contributed by atoms with van der Waals surface area (Å²) in [5, 5.41) is 4.04. The number of piperidine rings is 2. The van der Waals surface area contributed by atoms with Crippen LogP contribution < -0.4 is 0 Å². The summed E-state index contributed by atoms with van der Waals surface area (Å²) in [5.41, 5.74) is 0.903. The van der Waals surface area contributed by atoms with Gasteiger partial charge in [-0.1, -0.05) is 23.4 Å². The maximum absolute atomic E-state index is 12.8. The summed E-state index contributed by atoms with van der Waals surface area (Å²) in [7, 11) is 0. The van der Waals surface area contributed by atoms with E-state index in [1.165, 1.54) is 0 Å². The summed E-state index contributed by atoms with van der Waals surface area (Å²) < 4.78 is 11.4. The summed E-state index contributed by atoms with van der Waals surface area (Å²) in [4.78, 5) is 32.6. The highest BCUT2D eigenvalue weighted by molar-refractivity contribution is 5.77. The van der Waals surface area contributed by atoms with Crippen LogP contribution in [0, 0.1) is 5.92 Å². The number of ether oxygens (including phenoxy) is 1. The Labute approximate surface area is 188 Å². The molecule has 0 saturated carbocycles. The molecule has 4 rings (SSSR count). The van der Waals surface area contributed by atoms with E-state index in [1.807, 2.05) is 40.1 Å². The molecule has 2 aromatic rings. The third-order valence-electron chi connectivity index (χ3n) is 6.42. The molecule has 8 heteroatoms.